The van der Waals surface area contributed by atoms with E-state index >= 15 is 0 Å². The first-order valence-electron chi connectivity index (χ1n) is 9.39. The maximum absolute atomic E-state index is 14.8. The summed E-state index contributed by atoms with van der Waals surface area (Å²) in [7, 11) is 1.78. The number of rotatable bonds is 2. The number of nitrogens with zero attached hydrogens (tertiary/aromatic N) is 3. The Kier molecular flexibility index (Phi) is 3.75. The Labute approximate surface area is 156 Å². The number of amides is 1. The lowest BCUT2D eigenvalue weighted by Crippen LogP contribution is -2.26. The van der Waals surface area contributed by atoms with E-state index < -0.39 is 0 Å². The number of piperidine rings is 1. The van der Waals surface area contributed by atoms with Gasteiger partial charge in [0.2, 0.25) is 5.91 Å². The predicted molar refractivity (Wildman–Crippen MR) is 103 cm³/mol. The predicted octanol–water partition coefficient (Wildman–Crippen LogP) is 3.13. The fraction of sp³-hybridized carbons (Fsp3) is 0.333. The van der Waals surface area contributed by atoms with E-state index in [0.717, 1.165) is 54.0 Å². The van der Waals surface area contributed by atoms with Crippen LogP contribution in [0.25, 0.3) is 16.8 Å². The molecule has 5 rings (SSSR count). The van der Waals surface area contributed by atoms with Crippen molar-refractivity contribution in [3.05, 3.63) is 53.7 Å². The molecule has 1 saturated heterocycles. The van der Waals surface area contributed by atoms with E-state index in [1.165, 1.54) is 6.07 Å². The Hall–Kier alpha value is -2.73. The third-order valence-corrected chi connectivity index (χ3v) is 5.78. The van der Waals surface area contributed by atoms with Crippen LogP contribution in [-0.2, 0) is 11.2 Å². The van der Waals surface area contributed by atoms with Gasteiger partial charge < -0.3 is 14.6 Å². The van der Waals surface area contributed by atoms with Crippen LogP contribution in [-0.4, -0.2) is 35.4 Å². The Balaban J connectivity index is 1.56. The van der Waals surface area contributed by atoms with Gasteiger partial charge in [0.15, 0.2) is 11.5 Å². The fourth-order valence-electron chi connectivity index (χ4n) is 4.17. The van der Waals surface area contributed by atoms with Gasteiger partial charge in [0.25, 0.3) is 0 Å². The quantitative estimate of drug-likeness (QED) is 0.760. The number of nitrogens with one attached hydrogen (secondary N) is 1. The van der Waals surface area contributed by atoms with Crippen molar-refractivity contribution in [1.82, 2.24) is 14.7 Å². The average molecular weight is 364 g/mol. The molecule has 0 radical (unpaired) electrons. The minimum absolute atomic E-state index is 0.0880. The summed E-state index contributed by atoms with van der Waals surface area (Å²) >= 11 is 0. The van der Waals surface area contributed by atoms with Gasteiger partial charge in [0, 0.05) is 36.6 Å². The standard InChI is InChI=1S/C21H21FN4O/c1-25-19-9-14(2-3-15(19)10-20(25)27)16-8-17(22)21-24-18(12-26(21)11-16)13-4-6-23-7-5-13/h2-3,8-9,11-13,23H,4-7,10H2,1H3. The van der Waals surface area contributed by atoms with Gasteiger partial charge in [-0.15, -0.1) is 0 Å². The second kappa shape index (κ2) is 6.16. The van der Waals surface area contributed by atoms with E-state index in [0.29, 0.717) is 18.0 Å². The first-order chi connectivity index (χ1) is 13.1. The van der Waals surface area contributed by atoms with E-state index in [-0.39, 0.29) is 11.7 Å². The van der Waals surface area contributed by atoms with E-state index in [4.69, 9.17) is 0 Å². The highest BCUT2D eigenvalue weighted by molar-refractivity contribution is 6.01. The van der Waals surface area contributed by atoms with Crippen molar-refractivity contribution in [3.63, 3.8) is 0 Å². The van der Waals surface area contributed by atoms with Crippen molar-refractivity contribution in [2.45, 2.75) is 25.2 Å². The van der Waals surface area contributed by atoms with Crippen LogP contribution in [0.15, 0.2) is 36.7 Å². The maximum Gasteiger partial charge on any atom is 0.231 e. The molecule has 0 aliphatic carbocycles. The Morgan fingerprint density at radius 3 is 2.78 bits per heavy atom. The van der Waals surface area contributed by atoms with Gasteiger partial charge in [0.1, 0.15) is 0 Å². The molecule has 1 amide bonds. The first kappa shape index (κ1) is 16.4. The summed E-state index contributed by atoms with van der Waals surface area (Å²) in [4.78, 5) is 18.1. The number of likely N-dealkylation sites (N-methyl/N-ethyl adjacent to an activating group) is 1. The van der Waals surface area contributed by atoms with Crippen molar-refractivity contribution < 1.29 is 9.18 Å². The topological polar surface area (TPSA) is 49.6 Å². The van der Waals surface area contributed by atoms with Crippen LogP contribution in [0.3, 0.4) is 0 Å². The van der Waals surface area contributed by atoms with E-state index in [1.54, 1.807) is 16.3 Å². The number of fused-ring (bicyclic) bond motifs is 2. The van der Waals surface area contributed by atoms with Crippen LogP contribution < -0.4 is 10.2 Å². The molecular weight excluding hydrogens is 343 g/mol. The Morgan fingerprint density at radius 1 is 1.15 bits per heavy atom. The SMILES string of the molecule is CN1C(=O)Cc2ccc(-c3cc(F)c4nc(C5CCNCC5)cn4c3)cc21. The summed E-state index contributed by atoms with van der Waals surface area (Å²) in [5.41, 5.74) is 4.94. The number of hydrogen-bond donors (Lipinski definition) is 1. The number of pyridine rings is 1. The molecule has 27 heavy (non-hydrogen) atoms. The number of aromatic nitrogens is 2. The molecule has 1 fully saturated rings. The normalized spacial score (nSPS) is 17.7. The van der Waals surface area contributed by atoms with Crippen LogP contribution in [0.4, 0.5) is 10.1 Å². The summed E-state index contributed by atoms with van der Waals surface area (Å²) in [6, 6.07) is 7.41. The number of halogens is 1. The molecule has 0 atom stereocenters. The van der Waals surface area contributed by atoms with Crippen LogP contribution in [0, 0.1) is 5.82 Å². The lowest BCUT2D eigenvalue weighted by molar-refractivity contribution is -0.117. The zero-order chi connectivity index (χ0) is 18.5. The summed E-state index contributed by atoms with van der Waals surface area (Å²) in [6.07, 6.45) is 6.38. The smallest absolute Gasteiger partial charge is 0.231 e. The number of carbonyl (C=O) groups is 1. The lowest BCUT2D eigenvalue weighted by Gasteiger charge is -2.20. The molecule has 1 N–H and O–H groups in total. The van der Waals surface area contributed by atoms with Gasteiger partial charge in [-0.2, -0.15) is 0 Å². The molecule has 2 aliphatic rings. The molecule has 1 aromatic carbocycles. The van der Waals surface area contributed by atoms with Gasteiger partial charge in [-0.25, -0.2) is 9.37 Å². The highest BCUT2D eigenvalue weighted by Crippen LogP contribution is 2.33. The van der Waals surface area contributed by atoms with Crippen molar-refractivity contribution in [2.75, 3.05) is 25.0 Å². The summed E-state index contributed by atoms with van der Waals surface area (Å²) in [6.45, 7) is 1.96. The highest BCUT2D eigenvalue weighted by Gasteiger charge is 2.24. The average Bonchev–Trinajstić information content (AvgIpc) is 3.24. The van der Waals surface area contributed by atoms with Crippen LogP contribution >= 0.6 is 0 Å². The Bertz CT molecular complexity index is 1050. The third kappa shape index (κ3) is 2.72. The molecule has 4 heterocycles. The van der Waals surface area contributed by atoms with Crippen LogP contribution in [0.2, 0.25) is 0 Å². The monoisotopic (exact) mass is 364 g/mol. The van der Waals surface area contributed by atoms with Gasteiger partial charge in [-0.1, -0.05) is 12.1 Å². The Morgan fingerprint density at radius 2 is 1.96 bits per heavy atom. The lowest BCUT2D eigenvalue weighted by atomic mass is 9.95. The molecule has 3 aromatic rings. The number of hydrogen-bond acceptors (Lipinski definition) is 3. The number of anilines is 1. The molecule has 138 valence electrons. The molecule has 0 bridgehead atoms. The van der Waals surface area contributed by atoms with Gasteiger partial charge in [-0.3, -0.25) is 4.79 Å². The number of imidazole rings is 1. The number of carbonyl (C=O) groups excluding carboxylic acids is 1. The molecular formula is C21H21FN4O. The van der Waals surface area contributed by atoms with Crippen LogP contribution in [0.5, 0.6) is 0 Å². The van der Waals surface area contributed by atoms with E-state index in [9.17, 15) is 9.18 Å². The van der Waals surface area contributed by atoms with Gasteiger partial charge in [0.05, 0.1) is 12.1 Å². The summed E-state index contributed by atoms with van der Waals surface area (Å²) in [5, 5.41) is 3.35. The minimum Gasteiger partial charge on any atom is -0.317 e. The number of benzene rings is 1. The van der Waals surface area contributed by atoms with Crippen molar-refractivity contribution in [2.24, 2.45) is 0 Å². The molecule has 0 spiro atoms. The fourth-order valence-corrected chi connectivity index (χ4v) is 4.17. The van der Waals surface area contributed by atoms with Gasteiger partial charge in [-0.05, 0) is 49.2 Å². The molecule has 6 heteroatoms. The first-order valence-corrected chi connectivity index (χ1v) is 9.39. The second-order valence-electron chi connectivity index (χ2n) is 7.47. The molecule has 5 nitrogen and oxygen atoms in total. The second-order valence-corrected chi connectivity index (χ2v) is 7.47. The van der Waals surface area contributed by atoms with Gasteiger partial charge >= 0.3 is 0 Å². The molecule has 0 saturated carbocycles. The molecule has 0 unspecified atom stereocenters. The molecule has 2 aliphatic heterocycles. The van der Waals surface area contributed by atoms with E-state index in [1.807, 2.05) is 30.6 Å². The van der Waals surface area contributed by atoms with E-state index in [2.05, 4.69) is 10.3 Å². The van der Waals surface area contributed by atoms with Crippen molar-refractivity contribution >= 4 is 17.2 Å². The zero-order valence-corrected chi connectivity index (χ0v) is 15.2. The largest absolute Gasteiger partial charge is 0.317 e. The highest BCUT2D eigenvalue weighted by atomic mass is 19.1. The maximum atomic E-state index is 14.8. The minimum atomic E-state index is -0.322. The van der Waals surface area contributed by atoms with Crippen molar-refractivity contribution in [3.8, 4) is 11.1 Å². The third-order valence-electron chi connectivity index (χ3n) is 5.78. The summed E-state index contributed by atoms with van der Waals surface area (Å²) in [5.74, 6) is 0.149. The van der Waals surface area contributed by atoms with Crippen molar-refractivity contribution in [1.29, 1.82) is 0 Å². The van der Waals surface area contributed by atoms with Crippen LogP contribution in [0.1, 0.15) is 30.0 Å². The zero-order valence-electron chi connectivity index (χ0n) is 15.2. The molecule has 2 aromatic heterocycles. The summed E-state index contributed by atoms with van der Waals surface area (Å²) < 4.78 is 16.6.